The summed E-state index contributed by atoms with van der Waals surface area (Å²) in [5, 5.41) is 8.75. The van der Waals surface area contributed by atoms with E-state index in [0.29, 0.717) is 0 Å². The number of carbonyl (C=O) groups is 1. The molecule has 1 aliphatic carbocycles. The Morgan fingerprint density at radius 3 is 2.71 bits per heavy atom. The van der Waals surface area contributed by atoms with E-state index in [9.17, 15) is 13.2 Å². The summed E-state index contributed by atoms with van der Waals surface area (Å²) >= 11 is 0. The molecular weight excluding hydrogens is 244 g/mol. The lowest BCUT2D eigenvalue weighted by molar-refractivity contribution is -0.137. The molecule has 0 radical (unpaired) electrons. The van der Waals surface area contributed by atoms with Crippen LogP contribution in [-0.4, -0.2) is 41.4 Å². The summed E-state index contributed by atoms with van der Waals surface area (Å²) in [6.07, 6.45) is 2.98. The van der Waals surface area contributed by atoms with E-state index in [1.54, 1.807) is 6.07 Å². The Labute approximate surface area is 99.3 Å². The number of nitrogens with one attached hydrogen (secondary N) is 1. The van der Waals surface area contributed by atoms with Crippen LogP contribution in [0, 0.1) is 0 Å². The monoisotopic (exact) mass is 258 g/mol. The van der Waals surface area contributed by atoms with E-state index in [1.165, 1.54) is 16.6 Å². The molecule has 0 aromatic carbocycles. The zero-order chi connectivity index (χ0) is 12.5. The molecule has 1 saturated carbocycles. The van der Waals surface area contributed by atoms with Crippen LogP contribution >= 0.6 is 0 Å². The van der Waals surface area contributed by atoms with Gasteiger partial charge >= 0.3 is 5.97 Å². The molecule has 1 heterocycles. The lowest BCUT2D eigenvalue weighted by Crippen LogP contribution is -2.35. The number of aliphatic carboxylic acids is 1. The van der Waals surface area contributed by atoms with Crippen LogP contribution in [0.25, 0.3) is 0 Å². The molecule has 0 amide bonds. The fourth-order valence-electron chi connectivity index (χ4n) is 1.67. The predicted octanol–water partition coefficient (Wildman–Crippen LogP) is 0.642. The van der Waals surface area contributed by atoms with E-state index in [-0.39, 0.29) is 24.0 Å². The van der Waals surface area contributed by atoms with Gasteiger partial charge in [0.15, 0.2) is 0 Å². The van der Waals surface area contributed by atoms with Crippen LogP contribution in [0.1, 0.15) is 19.3 Å². The van der Waals surface area contributed by atoms with Gasteiger partial charge < -0.3 is 10.1 Å². The van der Waals surface area contributed by atoms with Crippen molar-refractivity contribution >= 4 is 16.0 Å². The first-order valence-electron chi connectivity index (χ1n) is 5.39. The van der Waals surface area contributed by atoms with Crippen molar-refractivity contribution in [2.45, 2.75) is 30.3 Å². The van der Waals surface area contributed by atoms with Gasteiger partial charge in [0.2, 0.25) is 0 Å². The van der Waals surface area contributed by atoms with Crippen LogP contribution in [0.3, 0.4) is 0 Å². The van der Waals surface area contributed by atoms with Crippen LogP contribution in [0.15, 0.2) is 23.4 Å². The van der Waals surface area contributed by atoms with Crippen LogP contribution in [-0.2, 0) is 14.8 Å². The number of carboxylic acid groups (broad SMARTS) is 1. The number of hydrogen-bond donors (Lipinski definition) is 2. The van der Waals surface area contributed by atoms with Crippen LogP contribution in [0.4, 0.5) is 0 Å². The van der Waals surface area contributed by atoms with Gasteiger partial charge in [-0.3, -0.25) is 4.79 Å². The van der Waals surface area contributed by atoms with Gasteiger partial charge in [-0.05, 0) is 25.0 Å². The molecule has 1 fully saturated rings. The standard InChI is InChI=1S/C10H14N2O4S/c13-10(14)5-7-12(8-3-4-8)17(15,16)9-2-1-6-11-9/h1-2,6,8,11H,3-5,7H2,(H,13,14). The minimum Gasteiger partial charge on any atom is -0.481 e. The predicted molar refractivity (Wildman–Crippen MR) is 60.0 cm³/mol. The molecule has 17 heavy (non-hydrogen) atoms. The van der Waals surface area contributed by atoms with Crippen molar-refractivity contribution in [3.63, 3.8) is 0 Å². The summed E-state index contributed by atoms with van der Waals surface area (Å²) in [6.45, 7) is 0.0291. The Morgan fingerprint density at radius 1 is 1.53 bits per heavy atom. The molecule has 0 saturated heterocycles. The maximum atomic E-state index is 12.2. The van der Waals surface area contributed by atoms with Crippen molar-refractivity contribution in [3.05, 3.63) is 18.3 Å². The van der Waals surface area contributed by atoms with Gasteiger partial charge in [0, 0.05) is 18.8 Å². The van der Waals surface area contributed by atoms with E-state index >= 15 is 0 Å². The molecule has 0 aliphatic heterocycles. The van der Waals surface area contributed by atoms with Crippen molar-refractivity contribution < 1.29 is 18.3 Å². The van der Waals surface area contributed by atoms with E-state index < -0.39 is 16.0 Å². The van der Waals surface area contributed by atoms with E-state index in [2.05, 4.69) is 4.98 Å². The third-order valence-corrected chi connectivity index (χ3v) is 4.56. The summed E-state index contributed by atoms with van der Waals surface area (Å²) in [7, 11) is -3.58. The number of sulfonamides is 1. The highest BCUT2D eigenvalue weighted by Crippen LogP contribution is 2.31. The molecule has 0 bridgehead atoms. The minimum absolute atomic E-state index is 0.0291. The van der Waals surface area contributed by atoms with Gasteiger partial charge in [-0.15, -0.1) is 0 Å². The van der Waals surface area contributed by atoms with Crippen molar-refractivity contribution in [3.8, 4) is 0 Å². The summed E-state index contributed by atoms with van der Waals surface area (Å²) in [6, 6.07) is 3.04. The highest BCUT2D eigenvalue weighted by molar-refractivity contribution is 7.89. The number of aromatic amines is 1. The van der Waals surface area contributed by atoms with Crippen molar-refractivity contribution in [1.82, 2.24) is 9.29 Å². The molecule has 7 heteroatoms. The van der Waals surface area contributed by atoms with Crippen molar-refractivity contribution in [1.29, 1.82) is 0 Å². The third-order valence-electron chi connectivity index (χ3n) is 2.66. The first kappa shape index (κ1) is 12.1. The lowest BCUT2D eigenvalue weighted by atomic mass is 10.4. The summed E-state index contributed by atoms with van der Waals surface area (Å²) in [5.74, 6) is -0.989. The van der Waals surface area contributed by atoms with Gasteiger partial charge in [-0.25, -0.2) is 8.42 Å². The molecular formula is C10H14N2O4S. The molecule has 1 aliphatic rings. The van der Waals surface area contributed by atoms with Crippen molar-refractivity contribution in [2.75, 3.05) is 6.54 Å². The zero-order valence-electron chi connectivity index (χ0n) is 9.17. The van der Waals surface area contributed by atoms with Gasteiger partial charge in [0.1, 0.15) is 5.03 Å². The molecule has 0 spiro atoms. The Morgan fingerprint density at radius 2 is 2.24 bits per heavy atom. The smallest absolute Gasteiger partial charge is 0.304 e. The Bertz CT molecular complexity index is 490. The summed E-state index contributed by atoms with van der Waals surface area (Å²) in [4.78, 5) is 13.2. The minimum atomic E-state index is -3.58. The van der Waals surface area contributed by atoms with E-state index in [4.69, 9.17) is 5.11 Å². The average Bonchev–Trinajstić information content (AvgIpc) is 2.92. The second-order valence-electron chi connectivity index (χ2n) is 4.03. The van der Waals surface area contributed by atoms with Gasteiger partial charge in [0.05, 0.1) is 6.42 Å². The van der Waals surface area contributed by atoms with Crippen LogP contribution in [0.2, 0.25) is 0 Å². The number of carboxylic acids is 1. The van der Waals surface area contributed by atoms with Crippen molar-refractivity contribution in [2.24, 2.45) is 0 Å². The first-order valence-corrected chi connectivity index (χ1v) is 6.83. The number of hydrogen-bond acceptors (Lipinski definition) is 3. The topological polar surface area (TPSA) is 90.5 Å². The SMILES string of the molecule is O=C(O)CCN(C1CC1)S(=O)(=O)c1ccc[nH]1. The number of aromatic nitrogens is 1. The third kappa shape index (κ3) is 2.67. The van der Waals surface area contributed by atoms with Gasteiger partial charge in [0.25, 0.3) is 10.0 Å². The molecule has 1 aromatic heterocycles. The Balaban J connectivity index is 2.18. The maximum Gasteiger partial charge on any atom is 0.304 e. The number of nitrogens with zero attached hydrogens (tertiary/aromatic N) is 1. The quantitative estimate of drug-likeness (QED) is 0.783. The number of H-pyrrole nitrogens is 1. The maximum absolute atomic E-state index is 12.2. The molecule has 6 nitrogen and oxygen atoms in total. The molecule has 1 aromatic rings. The lowest BCUT2D eigenvalue weighted by Gasteiger charge is -2.20. The van der Waals surface area contributed by atoms with E-state index in [0.717, 1.165) is 12.8 Å². The highest BCUT2D eigenvalue weighted by atomic mass is 32.2. The van der Waals surface area contributed by atoms with Gasteiger partial charge in [-0.2, -0.15) is 4.31 Å². The largest absolute Gasteiger partial charge is 0.481 e. The summed E-state index contributed by atoms with van der Waals surface area (Å²) < 4.78 is 25.7. The average molecular weight is 258 g/mol. The first-order chi connectivity index (χ1) is 8.01. The normalized spacial score (nSPS) is 16.3. The molecule has 2 rings (SSSR count). The fourth-order valence-corrected chi connectivity index (χ4v) is 3.32. The Hall–Kier alpha value is -1.34. The van der Waals surface area contributed by atoms with Gasteiger partial charge in [-0.1, -0.05) is 0 Å². The molecule has 0 unspecified atom stereocenters. The molecule has 2 N–H and O–H groups in total. The fraction of sp³-hybridized carbons (Fsp3) is 0.500. The van der Waals surface area contributed by atoms with Crippen LogP contribution in [0.5, 0.6) is 0 Å². The molecule has 94 valence electrons. The molecule has 0 atom stereocenters. The van der Waals surface area contributed by atoms with E-state index in [1.807, 2.05) is 0 Å². The zero-order valence-corrected chi connectivity index (χ0v) is 9.98. The van der Waals surface area contributed by atoms with Crippen LogP contribution < -0.4 is 0 Å². The second-order valence-corrected chi connectivity index (χ2v) is 5.88. The second kappa shape index (κ2) is 4.50. The number of rotatable bonds is 6. The highest BCUT2D eigenvalue weighted by Gasteiger charge is 2.38. The Kier molecular flexibility index (Phi) is 3.21. The summed E-state index contributed by atoms with van der Waals surface area (Å²) in [5.41, 5.74) is 0.